The molecule has 1 atom stereocenters. The molecule has 0 saturated carbocycles. The second kappa shape index (κ2) is 4.53. The summed E-state index contributed by atoms with van der Waals surface area (Å²) in [7, 11) is 0. The molecule has 1 unspecified atom stereocenters. The number of rotatable bonds is 3. The standard InChI is InChI=1S/C6H6F3N3O2S/c7-6(8,9)4(13)1-10-5(14)3-2-15-12-11-3/h2,4,13H,1H2,(H,10,14). The Morgan fingerprint density at radius 3 is 2.80 bits per heavy atom. The number of aromatic nitrogens is 2. The van der Waals surface area contributed by atoms with Crippen molar-refractivity contribution < 1.29 is 23.1 Å². The van der Waals surface area contributed by atoms with E-state index in [1.165, 1.54) is 5.38 Å². The van der Waals surface area contributed by atoms with Crippen molar-refractivity contribution in [3.63, 3.8) is 0 Å². The van der Waals surface area contributed by atoms with Gasteiger partial charge >= 0.3 is 6.18 Å². The van der Waals surface area contributed by atoms with E-state index in [-0.39, 0.29) is 5.69 Å². The molecule has 84 valence electrons. The van der Waals surface area contributed by atoms with Crippen LogP contribution in [0.5, 0.6) is 0 Å². The lowest BCUT2D eigenvalue weighted by Gasteiger charge is -2.14. The molecular formula is C6H6F3N3O2S. The van der Waals surface area contributed by atoms with Crippen LogP contribution in [0.1, 0.15) is 10.5 Å². The fourth-order valence-electron chi connectivity index (χ4n) is 0.659. The number of halogens is 3. The maximum Gasteiger partial charge on any atom is 0.416 e. The molecule has 0 spiro atoms. The van der Waals surface area contributed by atoms with E-state index in [0.717, 1.165) is 11.5 Å². The van der Waals surface area contributed by atoms with Gasteiger partial charge in [0.1, 0.15) is 0 Å². The first-order valence-corrected chi connectivity index (χ1v) is 4.55. The van der Waals surface area contributed by atoms with Crippen molar-refractivity contribution in [2.75, 3.05) is 6.54 Å². The second-order valence-corrected chi connectivity index (χ2v) is 3.17. The minimum absolute atomic E-state index is 0.0747. The molecule has 2 N–H and O–H groups in total. The average Bonchev–Trinajstić information content (AvgIpc) is 2.64. The molecule has 1 heterocycles. The van der Waals surface area contributed by atoms with E-state index >= 15 is 0 Å². The topological polar surface area (TPSA) is 75.1 Å². The third-order valence-electron chi connectivity index (χ3n) is 1.43. The fraction of sp³-hybridized carbons (Fsp3) is 0.500. The van der Waals surface area contributed by atoms with Crippen LogP contribution in [0, 0.1) is 0 Å². The third-order valence-corrected chi connectivity index (χ3v) is 1.93. The quantitative estimate of drug-likeness (QED) is 0.792. The molecular weight excluding hydrogens is 235 g/mol. The highest BCUT2D eigenvalue weighted by molar-refractivity contribution is 7.03. The summed E-state index contributed by atoms with van der Waals surface area (Å²) in [5.41, 5.74) is -0.0747. The van der Waals surface area contributed by atoms with E-state index in [1.807, 2.05) is 5.32 Å². The Kier molecular flexibility index (Phi) is 3.58. The van der Waals surface area contributed by atoms with Gasteiger partial charge in [-0.1, -0.05) is 4.49 Å². The SMILES string of the molecule is O=C(NCC(O)C(F)(F)F)c1csnn1. The molecule has 0 aliphatic rings. The number of amides is 1. The van der Waals surface area contributed by atoms with E-state index in [9.17, 15) is 18.0 Å². The molecule has 0 aromatic carbocycles. The highest BCUT2D eigenvalue weighted by atomic mass is 32.1. The summed E-state index contributed by atoms with van der Waals surface area (Å²) in [5, 5.41) is 15.1. The molecule has 1 aromatic heterocycles. The number of nitrogens with zero attached hydrogens (tertiary/aromatic N) is 2. The van der Waals surface area contributed by atoms with Crippen molar-refractivity contribution in [3.8, 4) is 0 Å². The van der Waals surface area contributed by atoms with Gasteiger partial charge in [0.25, 0.3) is 5.91 Å². The highest BCUT2D eigenvalue weighted by Crippen LogP contribution is 2.19. The number of alkyl halides is 3. The van der Waals surface area contributed by atoms with Crippen molar-refractivity contribution in [1.82, 2.24) is 14.9 Å². The van der Waals surface area contributed by atoms with Crippen molar-refractivity contribution in [2.24, 2.45) is 0 Å². The predicted molar refractivity (Wildman–Crippen MR) is 44.3 cm³/mol. The van der Waals surface area contributed by atoms with Gasteiger partial charge in [-0.3, -0.25) is 4.79 Å². The molecule has 15 heavy (non-hydrogen) atoms. The molecule has 5 nitrogen and oxygen atoms in total. The zero-order valence-electron chi connectivity index (χ0n) is 7.15. The van der Waals surface area contributed by atoms with Gasteiger partial charge in [-0.25, -0.2) is 0 Å². The number of aliphatic hydroxyl groups is 1. The lowest BCUT2D eigenvalue weighted by atomic mass is 10.3. The Balaban J connectivity index is 2.42. The Morgan fingerprint density at radius 2 is 2.33 bits per heavy atom. The predicted octanol–water partition coefficient (Wildman–Crippen LogP) is 0.191. The van der Waals surface area contributed by atoms with Gasteiger partial charge in [-0.15, -0.1) is 5.10 Å². The van der Waals surface area contributed by atoms with Crippen LogP contribution in [0.15, 0.2) is 5.38 Å². The van der Waals surface area contributed by atoms with Crippen LogP contribution < -0.4 is 5.32 Å². The van der Waals surface area contributed by atoms with Gasteiger partial charge in [0.05, 0.1) is 6.54 Å². The molecule has 0 fully saturated rings. The molecule has 0 aliphatic carbocycles. The van der Waals surface area contributed by atoms with Crippen LogP contribution in [-0.2, 0) is 0 Å². The normalized spacial score (nSPS) is 13.6. The molecule has 9 heteroatoms. The first-order chi connectivity index (χ1) is 6.91. The Hall–Kier alpha value is -1.22. The Labute approximate surface area is 86.1 Å². The maximum absolute atomic E-state index is 11.8. The third kappa shape index (κ3) is 3.44. The van der Waals surface area contributed by atoms with Crippen molar-refractivity contribution in [1.29, 1.82) is 0 Å². The average molecular weight is 241 g/mol. The zero-order valence-corrected chi connectivity index (χ0v) is 7.97. The van der Waals surface area contributed by atoms with E-state index in [1.54, 1.807) is 0 Å². The van der Waals surface area contributed by atoms with Gasteiger partial charge in [0, 0.05) is 5.38 Å². The van der Waals surface area contributed by atoms with Gasteiger partial charge in [-0.2, -0.15) is 13.2 Å². The molecule has 0 radical (unpaired) electrons. The van der Waals surface area contributed by atoms with E-state index in [2.05, 4.69) is 9.59 Å². The molecule has 0 bridgehead atoms. The Bertz CT molecular complexity index is 327. The molecule has 0 saturated heterocycles. The smallest absolute Gasteiger partial charge is 0.382 e. The largest absolute Gasteiger partial charge is 0.416 e. The molecule has 1 rings (SSSR count). The number of nitrogens with one attached hydrogen (secondary N) is 1. The summed E-state index contributed by atoms with van der Waals surface area (Å²) in [6.45, 7) is -0.903. The van der Waals surface area contributed by atoms with Crippen molar-refractivity contribution >= 4 is 17.4 Å². The van der Waals surface area contributed by atoms with E-state index < -0.39 is 24.7 Å². The van der Waals surface area contributed by atoms with E-state index in [4.69, 9.17) is 5.11 Å². The van der Waals surface area contributed by atoms with Gasteiger partial charge in [0.15, 0.2) is 11.8 Å². The molecule has 1 aromatic rings. The number of carbonyl (C=O) groups is 1. The summed E-state index contributed by atoms with van der Waals surface area (Å²) < 4.78 is 38.8. The van der Waals surface area contributed by atoms with Crippen LogP contribution in [-0.4, -0.2) is 39.4 Å². The highest BCUT2D eigenvalue weighted by Gasteiger charge is 2.38. The van der Waals surface area contributed by atoms with Gasteiger partial charge < -0.3 is 10.4 Å². The minimum atomic E-state index is -4.74. The summed E-state index contributed by atoms with van der Waals surface area (Å²) in [6.07, 6.45) is -7.32. The first kappa shape index (κ1) is 11.9. The van der Waals surface area contributed by atoms with Crippen LogP contribution in [0.4, 0.5) is 13.2 Å². The minimum Gasteiger partial charge on any atom is -0.382 e. The van der Waals surface area contributed by atoms with Crippen LogP contribution in [0.25, 0.3) is 0 Å². The second-order valence-electron chi connectivity index (χ2n) is 2.56. The summed E-state index contributed by atoms with van der Waals surface area (Å²) in [5.74, 6) is -0.799. The van der Waals surface area contributed by atoms with Gasteiger partial charge in [0.2, 0.25) is 0 Å². The summed E-state index contributed by atoms with van der Waals surface area (Å²) in [6, 6.07) is 0. The number of aliphatic hydroxyl groups excluding tert-OH is 1. The van der Waals surface area contributed by atoms with Crippen LogP contribution in [0.3, 0.4) is 0 Å². The van der Waals surface area contributed by atoms with Crippen molar-refractivity contribution in [3.05, 3.63) is 11.1 Å². The Morgan fingerprint density at radius 1 is 1.67 bits per heavy atom. The summed E-state index contributed by atoms with van der Waals surface area (Å²) in [4.78, 5) is 11.1. The van der Waals surface area contributed by atoms with Crippen LogP contribution in [0.2, 0.25) is 0 Å². The zero-order chi connectivity index (χ0) is 11.5. The number of hydrogen-bond acceptors (Lipinski definition) is 5. The lowest BCUT2D eigenvalue weighted by Crippen LogP contribution is -2.40. The molecule has 1 amide bonds. The number of carbonyl (C=O) groups excluding carboxylic acids is 1. The maximum atomic E-state index is 11.8. The monoisotopic (exact) mass is 241 g/mol. The fourth-order valence-corrected chi connectivity index (χ4v) is 1.10. The van der Waals surface area contributed by atoms with E-state index in [0.29, 0.717) is 0 Å². The first-order valence-electron chi connectivity index (χ1n) is 3.71. The molecule has 0 aliphatic heterocycles. The number of hydrogen-bond donors (Lipinski definition) is 2. The van der Waals surface area contributed by atoms with Gasteiger partial charge in [-0.05, 0) is 11.5 Å². The van der Waals surface area contributed by atoms with Crippen LogP contribution >= 0.6 is 11.5 Å². The lowest BCUT2D eigenvalue weighted by molar-refractivity contribution is -0.201. The van der Waals surface area contributed by atoms with Crippen molar-refractivity contribution in [2.45, 2.75) is 12.3 Å². The summed E-state index contributed by atoms with van der Waals surface area (Å²) >= 11 is 0.901.